The average Bonchev–Trinajstić information content (AvgIpc) is 3.49. The second-order valence-corrected chi connectivity index (χ2v) is 7.30. The van der Waals surface area contributed by atoms with Crippen molar-refractivity contribution in [1.29, 1.82) is 0 Å². The highest BCUT2D eigenvalue weighted by molar-refractivity contribution is 5.74. The van der Waals surface area contributed by atoms with Gasteiger partial charge in [0.1, 0.15) is 11.6 Å². The standard InChI is InChI=1S/C21H19F2N7.C2H6/c1-13-8-16(18(23)9-17(13)22)19-11-26-20(21-25-6-7-29(19)21)28-14-10-27-30(12-14)15-2-4-24-5-3-15;1-2/h4,6-12,15H,2-3,5H2,1H3,(H,26,28);1-2H3. The van der Waals surface area contributed by atoms with E-state index in [-0.39, 0.29) is 5.56 Å². The number of imidazole rings is 1. The van der Waals surface area contributed by atoms with Gasteiger partial charge in [-0.05, 0) is 25.0 Å². The van der Waals surface area contributed by atoms with E-state index in [1.165, 1.54) is 6.07 Å². The summed E-state index contributed by atoms with van der Waals surface area (Å²) in [6.07, 6.45) is 12.3. The molecule has 166 valence electrons. The first-order chi connectivity index (χ1) is 15.6. The highest BCUT2D eigenvalue weighted by Crippen LogP contribution is 2.29. The first kappa shape index (κ1) is 21.6. The average molecular weight is 437 g/mol. The Kier molecular flexibility index (Phi) is 6.25. The zero-order valence-electron chi connectivity index (χ0n) is 18.3. The largest absolute Gasteiger partial charge is 0.335 e. The third-order valence-electron chi connectivity index (χ3n) is 5.29. The lowest BCUT2D eigenvalue weighted by Crippen LogP contribution is -2.14. The van der Waals surface area contributed by atoms with Crippen molar-refractivity contribution in [2.45, 2.75) is 39.7 Å². The van der Waals surface area contributed by atoms with Crippen LogP contribution in [-0.4, -0.2) is 36.9 Å². The number of aliphatic imine (C=N–C) groups is 1. The first-order valence-electron chi connectivity index (χ1n) is 10.7. The maximum absolute atomic E-state index is 14.4. The van der Waals surface area contributed by atoms with Gasteiger partial charge < -0.3 is 5.32 Å². The summed E-state index contributed by atoms with van der Waals surface area (Å²) in [5.74, 6) is -0.703. The minimum absolute atomic E-state index is 0.266. The highest BCUT2D eigenvalue weighted by Gasteiger charge is 2.17. The van der Waals surface area contributed by atoms with E-state index in [0.717, 1.165) is 31.1 Å². The monoisotopic (exact) mass is 437 g/mol. The molecule has 4 heterocycles. The number of halogens is 2. The Morgan fingerprint density at radius 3 is 2.72 bits per heavy atom. The third kappa shape index (κ3) is 4.10. The molecule has 5 rings (SSSR count). The lowest BCUT2D eigenvalue weighted by atomic mass is 10.1. The van der Waals surface area contributed by atoms with Gasteiger partial charge in [-0.1, -0.05) is 13.8 Å². The lowest BCUT2D eigenvalue weighted by Gasteiger charge is -2.17. The van der Waals surface area contributed by atoms with Gasteiger partial charge in [-0.15, -0.1) is 0 Å². The molecule has 1 aromatic carbocycles. The lowest BCUT2D eigenvalue weighted by molar-refractivity contribution is 0.435. The van der Waals surface area contributed by atoms with E-state index in [9.17, 15) is 8.78 Å². The molecular weight excluding hydrogens is 412 g/mol. The van der Waals surface area contributed by atoms with Gasteiger partial charge in [0.05, 0.1) is 29.8 Å². The van der Waals surface area contributed by atoms with Crippen LogP contribution in [0.5, 0.6) is 0 Å². The topological polar surface area (TPSA) is 72.4 Å². The number of aromatic nitrogens is 5. The molecule has 4 aromatic rings. The fourth-order valence-corrected chi connectivity index (χ4v) is 3.67. The maximum Gasteiger partial charge on any atom is 0.180 e. The van der Waals surface area contributed by atoms with Crippen molar-refractivity contribution in [2.24, 2.45) is 4.99 Å². The van der Waals surface area contributed by atoms with Crippen molar-refractivity contribution in [3.8, 4) is 11.3 Å². The number of rotatable bonds is 4. The molecule has 0 bridgehead atoms. The van der Waals surface area contributed by atoms with Crippen molar-refractivity contribution in [3.63, 3.8) is 0 Å². The van der Waals surface area contributed by atoms with Gasteiger partial charge >= 0.3 is 0 Å². The molecule has 0 saturated carbocycles. The number of anilines is 2. The van der Waals surface area contributed by atoms with Gasteiger partial charge in [0.15, 0.2) is 11.5 Å². The Bertz CT molecular complexity index is 1260. The molecule has 0 fully saturated rings. The van der Waals surface area contributed by atoms with Gasteiger partial charge in [0, 0.05) is 49.4 Å². The number of benzene rings is 1. The van der Waals surface area contributed by atoms with Crippen molar-refractivity contribution < 1.29 is 8.78 Å². The van der Waals surface area contributed by atoms with Crippen LogP contribution in [0.25, 0.3) is 16.9 Å². The predicted molar refractivity (Wildman–Crippen MR) is 122 cm³/mol. The summed E-state index contributed by atoms with van der Waals surface area (Å²) in [5, 5.41) is 7.69. The molecule has 0 radical (unpaired) electrons. The summed E-state index contributed by atoms with van der Waals surface area (Å²) in [6, 6.07) is 2.67. The second kappa shape index (κ2) is 9.25. The van der Waals surface area contributed by atoms with Crippen molar-refractivity contribution in [3.05, 3.63) is 60.3 Å². The van der Waals surface area contributed by atoms with Gasteiger partial charge in [-0.25, -0.2) is 18.7 Å². The smallest absolute Gasteiger partial charge is 0.180 e. The molecule has 1 aliphatic rings. The number of nitrogens with one attached hydrogen (secondary N) is 1. The number of fused-ring (bicyclic) bond motifs is 1. The van der Waals surface area contributed by atoms with Crippen LogP contribution in [0.4, 0.5) is 20.3 Å². The summed E-state index contributed by atoms with van der Waals surface area (Å²) < 4.78 is 31.8. The highest BCUT2D eigenvalue weighted by atomic mass is 19.1. The molecule has 1 aliphatic heterocycles. The van der Waals surface area contributed by atoms with E-state index in [4.69, 9.17) is 0 Å². The molecule has 1 N–H and O–H groups in total. The Labute approximate surface area is 184 Å². The SMILES string of the molecule is CC.Cc1cc(-c2cnc(Nc3cnn(C4CC=NCC4)c3)c3nccn23)c(F)cc1F. The van der Waals surface area contributed by atoms with Gasteiger partial charge in [-0.3, -0.25) is 14.1 Å². The quantitative estimate of drug-likeness (QED) is 0.467. The normalized spacial score (nSPS) is 15.5. The van der Waals surface area contributed by atoms with Gasteiger partial charge in [0.2, 0.25) is 0 Å². The minimum Gasteiger partial charge on any atom is -0.335 e. The van der Waals surface area contributed by atoms with E-state index in [0.29, 0.717) is 28.8 Å². The van der Waals surface area contributed by atoms with E-state index in [1.807, 2.05) is 30.9 Å². The molecular formula is C23H25F2N7. The van der Waals surface area contributed by atoms with E-state index in [2.05, 4.69) is 25.4 Å². The summed E-state index contributed by atoms with van der Waals surface area (Å²) in [6.45, 7) is 6.41. The Balaban J connectivity index is 0.00000119. The van der Waals surface area contributed by atoms with E-state index < -0.39 is 11.6 Å². The molecule has 32 heavy (non-hydrogen) atoms. The first-order valence-corrected chi connectivity index (χ1v) is 10.7. The van der Waals surface area contributed by atoms with Crippen LogP contribution in [0.15, 0.2) is 48.1 Å². The summed E-state index contributed by atoms with van der Waals surface area (Å²) in [7, 11) is 0. The second-order valence-electron chi connectivity index (χ2n) is 7.30. The number of hydrogen-bond donors (Lipinski definition) is 1. The zero-order valence-corrected chi connectivity index (χ0v) is 18.3. The molecule has 0 aliphatic carbocycles. The number of aryl methyl sites for hydroxylation is 1. The molecule has 9 heteroatoms. The number of hydrogen-bond acceptors (Lipinski definition) is 5. The van der Waals surface area contributed by atoms with E-state index in [1.54, 1.807) is 36.1 Å². The van der Waals surface area contributed by atoms with Crippen LogP contribution < -0.4 is 5.32 Å². The Hall–Kier alpha value is -3.62. The van der Waals surface area contributed by atoms with Gasteiger partial charge in [0.25, 0.3) is 0 Å². The molecule has 7 nitrogen and oxygen atoms in total. The predicted octanol–water partition coefficient (Wildman–Crippen LogP) is 5.35. The summed E-state index contributed by atoms with van der Waals surface area (Å²) in [5.41, 5.74) is 2.44. The summed E-state index contributed by atoms with van der Waals surface area (Å²) in [4.78, 5) is 13.1. The van der Waals surface area contributed by atoms with E-state index >= 15 is 0 Å². The van der Waals surface area contributed by atoms with Crippen molar-refractivity contribution in [1.82, 2.24) is 24.1 Å². The molecule has 3 aromatic heterocycles. The molecule has 0 spiro atoms. The van der Waals surface area contributed by atoms with Crippen LogP contribution in [-0.2, 0) is 0 Å². The number of nitrogens with zero attached hydrogens (tertiary/aromatic N) is 6. The fraction of sp³-hybridized carbons (Fsp3) is 0.304. The van der Waals surface area contributed by atoms with Crippen molar-refractivity contribution >= 4 is 23.4 Å². The molecule has 1 atom stereocenters. The Morgan fingerprint density at radius 1 is 1.09 bits per heavy atom. The van der Waals surface area contributed by atoms with Crippen LogP contribution in [0.3, 0.4) is 0 Å². The zero-order chi connectivity index (χ0) is 22.7. The molecule has 0 saturated heterocycles. The fourth-order valence-electron chi connectivity index (χ4n) is 3.67. The van der Waals surface area contributed by atoms with Crippen LogP contribution in [0.1, 0.15) is 38.3 Å². The molecule has 1 unspecified atom stereocenters. The van der Waals surface area contributed by atoms with Crippen LogP contribution in [0, 0.1) is 18.6 Å². The summed E-state index contributed by atoms with van der Waals surface area (Å²) >= 11 is 0. The minimum atomic E-state index is -0.645. The maximum atomic E-state index is 14.4. The third-order valence-corrected chi connectivity index (χ3v) is 5.29. The molecule has 0 amide bonds. The Morgan fingerprint density at radius 2 is 1.94 bits per heavy atom. The van der Waals surface area contributed by atoms with Crippen molar-refractivity contribution in [2.75, 3.05) is 11.9 Å². The van der Waals surface area contributed by atoms with Crippen LogP contribution >= 0.6 is 0 Å². The van der Waals surface area contributed by atoms with Gasteiger partial charge in [-0.2, -0.15) is 5.10 Å². The van der Waals surface area contributed by atoms with Crippen LogP contribution in [0.2, 0.25) is 0 Å².